The molecular weight excluding hydrogens is 174 g/mol. The molecule has 1 aromatic heterocycles. The Bertz CT molecular complexity index is 331. The van der Waals surface area contributed by atoms with E-state index in [0.29, 0.717) is 5.75 Å². The van der Waals surface area contributed by atoms with Gasteiger partial charge in [0, 0.05) is 5.92 Å². The summed E-state index contributed by atoms with van der Waals surface area (Å²) in [5.41, 5.74) is 0. The molecule has 0 radical (unpaired) electrons. The Hall–Kier alpha value is -0.840. The molecule has 0 N–H and O–H groups in total. The molecular formula is C7H9N3OS. The van der Waals surface area contributed by atoms with Crippen molar-refractivity contribution in [2.24, 2.45) is 0 Å². The van der Waals surface area contributed by atoms with E-state index in [1.807, 2.05) is 13.8 Å². The molecule has 0 saturated heterocycles. The summed E-state index contributed by atoms with van der Waals surface area (Å²) in [6.45, 7) is 4.03. The van der Waals surface area contributed by atoms with Gasteiger partial charge in [-0.05, 0) is 0 Å². The zero-order valence-electron chi connectivity index (χ0n) is 6.94. The van der Waals surface area contributed by atoms with E-state index in [9.17, 15) is 4.79 Å². The second-order valence-electron chi connectivity index (χ2n) is 3.00. The highest BCUT2D eigenvalue weighted by Gasteiger charge is 2.24. The van der Waals surface area contributed by atoms with Crippen molar-refractivity contribution in [2.75, 3.05) is 5.75 Å². The van der Waals surface area contributed by atoms with Gasteiger partial charge in [-0.1, -0.05) is 25.6 Å². The molecule has 0 fully saturated rings. The van der Waals surface area contributed by atoms with Crippen LogP contribution in [0.25, 0.3) is 0 Å². The van der Waals surface area contributed by atoms with E-state index in [2.05, 4.69) is 10.1 Å². The fourth-order valence-electron chi connectivity index (χ4n) is 1.00. The molecule has 4 nitrogen and oxygen atoms in total. The van der Waals surface area contributed by atoms with Crippen molar-refractivity contribution in [2.45, 2.75) is 24.9 Å². The molecule has 5 heteroatoms. The Morgan fingerprint density at radius 1 is 1.58 bits per heavy atom. The van der Waals surface area contributed by atoms with Crippen LogP contribution in [0.5, 0.6) is 0 Å². The molecule has 64 valence electrons. The molecule has 0 aromatic carbocycles. The maximum atomic E-state index is 11.1. The van der Waals surface area contributed by atoms with Crippen LogP contribution in [0.4, 0.5) is 0 Å². The third kappa shape index (κ3) is 1.04. The summed E-state index contributed by atoms with van der Waals surface area (Å²) >= 11 is 1.45. The van der Waals surface area contributed by atoms with Crippen LogP contribution in [0.15, 0.2) is 5.16 Å². The van der Waals surface area contributed by atoms with Gasteiger partial charge in [0.25, 0.3) is 5.91 Å². The Morgan fingerprint density at radius 3 is 2.92 bits per heavy atom. The summed E-state index contributed by atoms with van der Waals surface area (Å²) in [6, 6.07) is 0. The third-order valence-corrected chi connectivity index (χ3v) is 2.58. The number of fused-ring (bicyclic) bond motifs is 1. The SMILES string of the molecule is CC(C)c1nc2n(n1)C(=O)CS2. The molecule has 1 aliphatic rings. The van der Waals surface area contributed by atoms with Crippen molar-refractivity contribution in [3.8, 4) is 0 Å². The van der Waals surface area contributed by atoms with E-state index in [1.54, 1.807) is 0 Å². The van der Waals surface area contributed by atoms with Gasteiger partial charge < -0.3 is 0 Å². The molecule has 0 spiro atoms. The predicted octanol–water partition coefficient (Wildman–Crippen LogP) is 1.15. The number of hydrogen-bond donors (Lipinski definition) is 0. The van der Waals surface area contributed by atoms with Crippen LogP contribution in [0.3, 0.4) is 0 Å². The van der Waals surface area contributed by atoms with Gasteiger partial charge in [0.15, 0.2) is 11.0 Å². The first kappa shape index (κ1) is 7.79. The Labute approximate surface area is 74.4 Å². The maximum Gasteiger partial charge on any atom is 0.259 e. The number of aromatic nitrogens is 3. The largest absolute Gasteiger partial charge is 0.271 e. The number of rotatable bonds is 1. The highest BCUT2D eigenvalue weighted by molar-refractivity contribution is 8.00. The number of hydrogen-bond acceptors (Lipinski definition) is 4. The van der Waals surface area contributed by atoms with Gasteiger partial charge >= 0.3 is 0 Å². The normalized spacial score (nSPS) is 15.8. The quantitative estimate of drug-likeness (QED) is 0.655. The topological polar surface area (TPSA) is 47.8 Å². The summed E-state index contributed by atoms with van der Waals surface area (Å²) in [5.74, 6) is 1.56. The van der Waals surface area contributed by atoms with Crippen LogP contribution < -0.4 is 0 Å². The molecule has 12 heavy (non-hydrogen) atoms. The van der Waals surface area contributed by atoms with Gasteiger partial charge in [0.05, 0.1) is 5.75 Å². The Kier molecular flexibility index (Phi) is 1.68. The first-order valence-electron chi connectivity index (χ1n) is 3.81. The minimum absolute atomic E-state index is 0.0365. The molecule has 1 aliphatic heterocycles. The lowest BCUT2D eigenvalue weighted by Crippen LogP contribution is -2.09. The van der Waals surface area contributed by atoms with E-state index in [-0.39, 0.29) is 11.8 Å². The maximum absolute atomic E-state index is 11.1. The molecule has 0 unspecified atom stereocenters. The predicted molar refractivity (Wildman–Crippen MR) is 45.5 cm³/mol. The lowest BCUT2D eigenvalue weighted by atomic mass is 10.2. The summed E-state index contributed by atoms with van der Waals surface area (Å²) in [6.07, 6.45) is 0. The molecule has 2 rings (SSSR count). The van der Waals surface area contributed by atoms with Crippen LogP contribution in [0.1, 0.15) is 30.4 Å². The van der Waals surface area contributed by atoms with Crippen molar-refractivity contribution in [1.82, 2.24) is 14.8 Å². The minimum atomic E-state index is 0.0365. The minimum Gasteiger partial charge on any atom is -0.271 e. The van der Waals surface area contributed by atoms with Crippen molar-refractivity contribution >= 4 is 17.7 Å². The lowest BCUT2D eigenvalue weighted by Gasteiger charge is -1.94. The van der Waals surface area contributed by atoms with Crippen molar-refractivity contribution in [1.29, 1.82) is 0 Å². The van der Waals surface area contributed by atoms with Crippen LogP contribution in [0.2, 0.25) is 0 Å². The molecule has 0 amide bonds. The van der Waals surface area contributed by atoms with Crippen LogP contribution in [-0.4, -0.2) is 26.4 Å². The molecule has 0 aliphatic carbocycles. The molecule has 1 aromatic rings. The van der Waals surface area contributed by atoms with Gasteiger partial charge in [-0.3, -0.25) is 4.79 Å². The zero-order valence-corrected chi connectivity index (χ0v) is 7.76. The first-order valence-corrected chi connectivity index (χ1v) is 4.80. The molecule has 2 heterocycles. The zero-order chi connectivity index (χ0) is 8.72. The first-order chi connectivity index (χ1) is 5.68. The Morgan fingerprint density at radius 2 is 2.33 bits per heavy atom. The molecule has 0 atom stereocenters. The van der Waals surface area contributed by atoms with Gasteiger partial charge in [0.1, 0.15) is 0 Å². The fraction of sp³-hybridized carbons (Fsp3) is 0.571. The summed E-state index contributed by atoms with van der Waals surface area (Å²) in [4.78, 5) is 15.4. The molecule has 0 saturated carbocycles. The van der Waals surface area contributed by atoms with Gasteiger partial charge in [-0.2, -0.15) is 4.68 Å². The van der Waals surface area contributed by atoms with Gasteiger partial charge in [-0.25, -0.2) is 4.98 Å². The molecule has 0 bridgehead atoms. The number of carbonyl (C=O) groups excluding carboxylic acids is 1. The van der Waals surface area contributed by atoms with Crippen molar-refractivity contribution in [3.63, 3.8) is 0 Å². The van der Waals surface area contributed by atoms with Crippen LogP contribution >= 0.6 is 11.8 Å². The summed E-state index contributed by atoms with van der Waals surface area (Å²) in [5, 5.41) is 4.85. The van der Waals surface area contributed by atoms with Gasteiger partial charge in [-0.15, -0.1) is 5.10 Å². The van der Waals surface area contributed by atoms with Gasteiger partial charge in [0.2, 0.25) is 0 Å². The highest BCUT2D eigenvalue weighted by atomic mass is 32.2. The standard InChI is InChI=1S/C7H9N3OS/c1-4(2)6-8-7-10(9-6)5(11)3-12-7/h4H,3H2,1-2H3. The average molecular weight is 183 g/mol. The van der Waals surface area contributed by atoms with E-state index < -0.39 is 0 Å². The Balaban J connectivity index is 2.43. The van der Waals surface area contributed by atoms with E-state index in [4.69, 9.17) is 0 Å². The van der Waals surface area contributed by atoms with E-state index in [0.717, 1.165) is 11.0 Å². The smallest absolute Gasteiger partial charge is 0.259 e. The number of thioether (sulfide) groups is 1. The van der Waals surface area contributed by atoms with E-state index in [1.165, 1.54) is 16.4 Å². The lowest BCUT2D eigenvalue weighted by molar-refractivity contribution is 0.0923. The number of nitrogens with zero attached hydrogens (tertiary/aromatic N) is 3. The number of carbonyl (C=O) groups is 1. The highest BCUT2D eigenvalue weighted by Crippen LogP contribution is 2.24. The third-order valence-electron chi connectivity index (χ3n) is 1.67. The second kappa shape index (κ2) is 2.58. The summed E-state index contributed by atoms with van der Waals surface area (Å²) in [7, 11) is 0. The summed E-state index contributed by atoms with van der Waals surface area (Å²) < 4.78 is 1.40. The monoisotopic (exact) mass is 183 g/mol. The fourth-order valence-corrected chi connectivity index (χ4v) is 1.80. The second-order valence-corrected chi connectivity index (χ2v) is 3.94. The van der Waals surface area contributed by atoms with Crippen molar-refractivity contribution in [3.05, 3.63) is 5.82 Å². The average Bonchev–Trinajstić information content (AvgIpc) is 2.53. The van der Waals surface area contributed by atoms with Crippen LogP contribution in [-0.2, 0) is 0 Å². The van der Waals surface area contributed by atoms with Crippen molar-refractivity contribution < 1.29 is 4.79 Å². The van der Waals surface area contributed by atoms with Crippen LogP contribution in [0, 0.1) is 0 Å². The van der Waals surface area contributed by atoms with E-state index >= 15 is 0 Å².